The van der Waals surface area contributed by atoms with Crippen LogP contribution in [0.4, 0.5) is 10.1 Å². The molecule has 1 atom stereocenters. The van der Waals surface area contributed by atoms with Crippen LogP contribution in [0.2, 0.25) is 0 Å². The van der Waals surface area contributed by atoms with Gasteiger partial charge in [0, 0.05) is 16.6 Å². The van der Waals surface area contributed by atoms with Gasteiger partial charge in [-0.05, 0) is 61.6 Å². The van der Waals surface area contributed by atoms with Gasteiger partial charge < -0.3 is 5.32 Å². The number of nitrogens with one attached hydrogen (secondary N) is 1. The summed E-state index contributed by atoms with van der Waals surface area (Å²) in [6.45, 7) is 5.78. The highest BCUT2D eigenvalue weighted by atomic mass is 32.1. The molecule has 6 nitrogen and oxygen atoms in total. The van der Waals surface area contributed by atoms with Crippen LogP contribution in [0.3, 0.4) is 0 Å². The summed E-state index contributed by atoms with van der Waals surface area (Å²) >= 11 is 1.05. The van der Waals surface area contributed by atoms with E-state index in [1.165, 1.54) is 34.5 Å². The number of carbonyl (C=O) groups excluding carboxylic acids is 2. The number of amides is 2. The lowest BCUT2D eigenvalue weighted by molar-refractivity contribution is -0.124. The van der Waals surface area contributed by atoms with Crippen LogP contribution in [0, 0.1) is 5.82 Å². The molecule has 0 fully saturated rings. The van der Waals surface area contributed by atoms with E-state index in [9.17, 15) is 14.0 Å². The molecule has 0 unspecified atom stereocenters. The summed E-state index contributed by atoms with van der Waals surface area (Å²) in [7, 11) is 0. The van der Waals surface area contributed by atoms with Gasteiger partial charge in [-0.3, -0.25) is 14.5 Å². The maximum atomic E-state index is 13.6. The molecule has 3 rings (SSSR count). The predicted molar refractivity (Wildman–Crippen MR) is 115 cm³/mol. The summed E-state index contributed by atoms with van der Waals surface area (Å²) < 4.78 is 17.4. The Kier molecular flexibility index (Phi) is 6.56. The summed E-state index contributed by atoms with van der Waals surface area (Å²) in [4.78, 5) is 28.2. The second-order valence-electron chi connectivity index (χ2n) is 7.48. The molecule has 0 aliphatic rings. The monoisotopic (exact) mass is 426 g/mol. The van der Waals surface area contributed by atoms with Gasteiger partial charge in [0.25, 0.3) is 5.91 Å². The van der Waals surface area contributed by atoms with Gasteiger partial charge in [-0.15, -0.1) is 5.10 Å². The van der Waals surface area contributed by atoms with E-state index in [2.05, 4.69) is 14.9 Å². The molecule has 1 heterocycles. The first kappa shape index (κ1) is 21.6. The molecule has 0 aliphatic carbocycles. The van der Waals surface area contributed by atoms with Crippen LogP contribution in [0.1, 0.15) is 49.3 Å². The second-order valence-corrected chi connectivity index (χ2v) is 8.09. The lowest BCUT2D eigenvalue weighted by Crippen LogP contribution is -2.50. The molecule has 30 heavy (non-hydrogen) atoms. The van der Waals surface area contributed by atoms with Gasteiger partial charge in [0.05, 0.1) is 0 Å². The first-order chi connectivity index (χ1) is 14.3. The lowest BCUT2D eigenvalue weighted by Gasteiger charge is -2.34. The Morgan fingerprint density at radius 3 is 2.37 bits per heavy atom. The van der Waals surface area contributed by atoms with E-state index in [-0.39, 0.29) is 11.6 Å². The van der Waals surface area contributed by atoms with Crippen LogP contribution in [-0.4, -0.2) is 26.9 Å². The highest BCUT2D eigenvalue weighted by molar-refractivity contribution is 7.03. The Morgan fingerprint density at radius 2 is 1.80 bits per heavy atom. The summed E-state index contributed by atoms with van der Waals surface area (Å²) in [6, 6.07) is 13.4. The van der Waals surface area contributed by atoms with E-state index >= 15 is 0 Å². The Hall–Kier alpha value is -3.13. The predicted octanol–water partition coefficient (Wildman–Crippen LogP) is 4.37. The van der Waals surface area contributed by atoms with Crippen LogP contribution < -0.4 is 10.2 Å². The number of halogens is 1. The Morgan fingerprint density at radius 1 is 1.13 bits per heavy atom. The number of rotatable bonds is 7. The SMILES string of the molecule is CCC(C)(C)NC(=O)[C@@H](c1ccc(F)cc1)N(C(=O)c1csnn1)c1ccccc1. The minimum absolute atomic E-state index is 0.138. The molecule has 0 saturated heterocycles. The number of nitrogens with zero attached hydrogens (tertiary/aromatic N) is 3. The molecule has 0 saturated carbocycles. The molecule has 2 aromatic carbocycles. The number of carbonyl (C=O) groups is 2. The van der Waals surface area contributed by atoms with Crippen molar-refractivity contribution in [3.8, 4) is 0 Å². The van der Waals surface area contributed by atoms with E-state index in [0.717, 1.165) is 11.5 Å². The molecule has 0 aliphatic heterocycles. The summed E-state index contributed by atoms with van der Waals surface area (Å²) in [5, 5.41) is 8.43. The molecule has 0 bridgehead atoms. The number of anilines is 1. The number of hydrogen-bond acceptors (Lipinski definition) is 5. The average Bonchev–Trinajstić information content (AvgIpc) is 3.27. The molecule has 156 valence electrons. The van der Waals surface area contributed by atoms with Crippen molar-refractivity contribution in [3.05, 3.63) is 77.1 Å². The van der Waals surface area contributed by atoms with Crippen LogP contribution in [0.15, 0.2) is 60.0 Å². The third-order valence-corrected chi connectivity index (χ3v) is 5.37. The molecular weight excluding hydrogens is 403 g/mol. The smallest absolute Gasteiger partial charge is 0.280 e. The van der Waals surface area contributed by atoms with Gasteiger partial charge in [-0.25, -0.2) is 4.39 Å². The molecule has 0 spiro atoms. The summed E-state index contributed by atoms with van der Waals surface area (Å²) in [5.41, 5.74) is 0.664. The van der Waals surface area contributed by atoms with Gasteiger partial charge in [0.15, 0.2) is 5.69 Å². The van der Waals surface area contributed by atoms with Crippen LogP contribution in [0.5, 0.6) is 0 Å². The molecule has 0 radical (unpaired) electrons. The molecular formula is C22H23FN4O2S. The topological polar surface area (TPSA) is 75.2 Å². The van der Waals surface area contributed by atoms with E-state index in [0.29, 0.717) is 17.7 Å². The third kappa shape index (κ3) is 4.88. The summed E-state index contributed by atoms with van der Waals surface area (Å²) in [5.74, 6) is -1.25. The summed E-state index contributed by atoms with van der Waals surface area (Å²) in [6.07, 6.45) is 0.699. The number of hydrogen-bond donors (Lipinski definition) is 1. The zero-order valence-corrected chi connectivity index (χ0v) is 17.8. The first-order valence-electron chi connectivity index (χ1n) is 9.55. The van der Waals surface area contributed by atoms with Gasteiger partial charge in [-0.2, -0.15) is 0 Å². The average molecular weight is 427 g/mol. The van der Waals surface area contributed by atoms with Crippen molar-refractivity contribution in [1.29, 1.82) is 0 Å². The number of benzene rings is 2. The van der Waals surface area contributed by atoms with Crippen molar-refractivity contribution in [2.24, 2.45) is 0 Å². The minimum Gasteiger partial charge on any atom is -0.349 e. The fraction of sp³-hybridized carbons (Fsp3) is 0.273. The van der Waals surface area contributed by atoms with E-state index in [1.54, 1.807) is 24.3 Å². The number of aromatic nitrogens is 2. The van der Waals surface area contributed by atoms with Crippen molar-refractivity contribution in [3.63, 3.8) is 0 Å². The normalized spacial score (nSPS) is 12.3. The molecule has 2 amide bonds. The highest BCUT2D eigenvalue weighted by Crippen LogP contribution is 2.30. The molecule has 8 heteroatoms. The van der Waals surface area contributed by atoms with Gasteiger partial charge in [0.2, 0.25) is 5.91 Å². The standard InChI is InChI=1S/C22H23FN4O2S/c1-4-22(2,3)24-20(28)19(15-10-12-16(23)13-11-15)27(17-8-6-5-7-9-17)21(29)18-14-30-26-25-18/h5-14,19H,4H2,1-3H3,(H,24,28)/t19-/m1/s1. The van der Waals surface area contributed by atoms with Crippen molar-refractivity contribution < 1.29 is 14.0 Å². The third-order valence-electron chi connectivity index (χ3n) is 4.87. The zero-order valence-electron chi connectivity index (χ0n) is 17.0. The van der Waals surface area contributed by atoms with Crippen molar-refractivity contribution in [2.75, 3.05) is 4.90 Å². The van der Waals surface area contributed by atoms with Crippen LogP contribution in [0.25, 0.3) is 0 Å². The fourth-order valence-electron chi connectivity index (χ4n) is 2.91. The quantitative estimate of drug-likeness (QED) is 0.609. The van der Waals surface area contributed by atoms with Gasteiger partial charge in [-0.1, -0.05) is 41.7 Å². The fourth-order valence-corrected chi connectivity index (χ4v) is 3.34. The molecule has 3 aromatic rings. The lowest BCUT2D eigenvalue weighted by atomic mass is 9.98. The maximum absolute atomic E-state index is 13.6. The Balaban J connectivity index is 2.14. The van der Waals surface area contributed by atoms with Crippen molar-refractivity contribution in [2.45, 2.75) is 38.8 Å². The van der Waals surface area contributed by atoms with Gasteiger partial charge in [0.1, 0.15) is 11.9 Å². The molecule has 1 N–H and O–H groups in total. The van der Waals surface area contributed by atoms with Crippen molar-refractivity contribution >= 4 is 29.0 Å². The van der Waals surface area contributed by atoms with Crippen LogP contribution in [-0.2, 0) is 4.79 Å². The first-order valence-corrected chi connectivity index (χ1v) is 10.4. The Labute approximate surface area is 178 Å². The Bertz CT molecular complexity index is 992. The van der Waals surface area contributed by atoms with E-state index < -0.39 is 23.3 Å². The number of para-hydroxylation sites is 1. The second kappa shape index (κ2) is 9.13. The minimum atomic E-state index is -1.02. The van der Waals surface area contributed by atoms with Gasteiger partial charge >= 0.3 is 0 Å². The maximum Gasteiger partial charge on any atom is 0.280 e. The largest absolute Gasteiger partial charge is 0.349 e. The van der Waals surface area contributed by atoms with Crippen LogP contribution >= 0.6 is 11.5 Å². The molecule has 1 aromatic heterocycles. The highest BCUT2D eigenvalue weighted by Gasteiger charge is 2.36. The van der Waals surface area contributed by atoms with E-state index in [1.807, 2.05) is 26.8 Å². The van der Waals surface area contributed by atoms with E-state index in [4.69, 9.17) is 0 Å². The van der Waals surface area contributed by atoms with Crippen molar-refractivity contribution in [1.82, 2.24) is 14.9 Å². The zero-order chi connectivity index (χ0) is 21.7.